The minimum Gasteiger partial charge on any atom is -0.506 e. The van der Waals surface area contributed by atoms with Crippen molar-refractivity contribution in [2.24, 2.45) is 0 Å². The van der Waals surface area contributed by atoms with Gasteiger partial charge in [0, 0.05) is 11.4 Å². The second-order valence-corrected chi connectivity index (χ2v) is 7.57. The van der Waals surface area contributed by atoms with Crippen molar-refractivity contribution in [1.29, 1.82) is 0 Å². The molecule has 2 aromatic rings. The fraction of sp³-hybridized carbons (Fsp3) is 0.100. The van der Waals surface area contributed by atoms with Crippen LogP contribution >= 0.6 is 27.3 Å². The summed E-state index contributed by atoms with van der Waals surface area (Å²) in [6, 6.07) is 4.31. The van der Waals surface area contributed by atoms with Crippen LogP contribution in [0, 0.1) is 0 Å². The predicted octanol–water partition coefficient (Wildman–Crippen LogP) is 1.77. The summed E-state index contributed by atoms with van der Waals surface area (Å²) in [7, 11) is -4.00. The highest BCUT2D eigenvalue weighted by Gasteiger charge is 2.22. The molecule has 0 aliphatic heterocycles. The Morgan fingerprint density at radius 2 is 2.10 bits per heavy atom. The molecule has 0 aliphatic rings. The topological polar surface area (TPSA) is 121 Å². The Bertz CT molecular complexity index is 790. The summed E-state index contributed by atoms with van der Waals surface area (Å²) >= 11 is 3.87. The number of carbonyl (C=O) groups is 1. The van der Waals surface area contributed by atoms with Crippen molar-refractivity contribution in [3.8, 4) is 5.75 Å². The second-order valence-electron chi connectivity index (χ2n) is 3.82. The van der Waals surface area contributed by atoms with Crippen LogP contribution in [0.15, 0.2) is 27.0 Å². The Hall–Kier alpha value is -1.72. The molecule has 1 heterocycles. The average Bonchev–Trinajstić information content (AvgIpc) is 2.82. The van der Waals surface area contributed by atoms with Gasteiger partial charge in [-0.3, -0.25) is 9.52 Å². The molecule has 1 aromatic heterocycles. The van der Waals surface area contributed by atoms with E-state index in [4.69, 9.17) is 0 Å². The molecule has 0 saturated heterocycles. The number of aromatic nitrogens is 2. The monoisotopic (exact) mass is 392 g/mol. The molecule has 1 amide bonds. The SMILES string of the molecule is CC(=O)Nc1nnc(S(=O)(=O)Nc2cc(Br)ccc2O)s1. The van der Waals surface area contributed by atoms with Crippen LogP contribution in [0.5, 0.6) is 5.75 Å². The maximum Gasteiger partial charge on any atom is 0.291 e. The van der Waals surface area contributed by atoms with E-state index in [1.165, 1.54) is 19.1 Å². The maximum absolute atomic E-state index is 12.1. The highest BCUT2D eigenvalue weighted by atomic mass is 79.9. The summed E-state index contributed by atoms with van der Waals surface area (Å²) in [6.45, 7) is 1.27. The Labute approximate surface area is 132 Å². The molecule has 3 N–H and O–H groups in total. The van der Waals surface area contributed by atoms with E-state index >= 15 is 0 Å². The number of rotatable bonds is 4. The fourth-order valence-corrected chi connectivity index (χ4v) is 3.67. The van der Waals surface area contributed by atoms with Crippen molar-refractivity contribution in [2.75, 3.05) is 10.0 Å². The van der Waals surface area contributed by atoms with Crippen molar-refractivity contribution < 1.29 is 18.3 Å². The van der Waals surface area contributed by atoms with Gasteiger partial charge in [0.05, 0.1) is 5.69 Å². The minimum absolute atomic E-state index is 0.000604. The third-order valence-electron chi connectivity index (χ3n) is 2.12. The standard InChI is InChI=1S/C10H9BrN4O4S2/c1-5(16)12-9-13-14-10(20-9)21(18,19)15-7-4-6(11)2-3-8(7)17/h2-4,15,17H,1H3,(H,12,13,16). The molecule has 0 unspecified atom stereocenters. The maximum atomic E-state index is 12.1. The van der Waals surface area contributed by atoms with Crippen molar-refractivity contribution in [3.63, 3.8) is 0 Å². The third-order valence-corrected chi connectivity index (χ3v) is 5.19. The summed E-state index contributed by atoms with van der Waals surface area (Å²) in [5.74, 6) is -0.610. The first-order valence-corrected chi connectivity index (χ1v) is 8.49. The van der Waals surface area contributed by atoms with Crippen LogP contribution in [0.25, 0.3) is 0 Å². The first-order valence-electron chi connectivity index (χ1n) is 5.40. The number of nitrogens with zero attached hydrogens (tertiary/aromatic N) is 2. The molecule has 0 bridgehead atoms. The van der Waals surface area contributed by atoms with Crippen LogP contribution in [-0.4, -0.2) is 29.6 Å². The molecular formula is C10H9BrN4O4S2. The van der Waals surface area contributed by atoms with Crippen LogP contribution < -0.4 is 10.0 Å². The lowest BCUT2D eigenvalue weighted by Crippen LogP contribution is -2.12. The number of sulfonamides is 1. The minimum atomic E-state index is -4.00. The lowest BCUT2D eigenvalue weighted by Gasteiger charge is -2.07. The van der Waals surface area contributed by atoms with Crippen LogP contribution in [0.2, 0.25) is 0 Å². The van der Waals surface area contributed by atoms with E-state index < -0.39 is 10.0 Å². The van der Waals surface area contributed by atoms with Crippen molar-refractivity contribution in [2.45, 2.75) is 11.3 Å². The number of hydrogen-bond donors (Lipinski definition) is 3. The molecule has 0 saturated carbocycles. The van der Waals surface area contributed by atoms with E-state index in [1.807, 2.05) is 0 Å². The number of benzene rings is 1. The molecule has 2 rings (SSSR count). The number of halogens is 1. The summed E-state index contributed by atoms with van der Waals surface area (Å²) in [5.41, 5.74) is 0.000604. The lowest BCUT2D eigenvalue weighted by atomic mass is 10.3. The van der Waals surface area contributed by atoms with Crippen LogP contribution in [0.3, 0.4) is 0 Å². The zero-order valence-corrected chi connectivity index (χ0v) is 13.7. The molecule has 112 valence electrons. The highest BCUT2D eigenvalue weighted by Crippen LogP contribution is 2.30. The second kappa shape index (κ2) is 5.95. The Balaban J connectivity index is 2.28. The van der Waals surface area contributed by atoms with Crippen molar-refractivity contribution in [1.82, 2.24) is 10.2 Å². The Morgan fingerprint density at radius 3 is 2.76 bits per heavy atom. The number of hydrogen-bond acceptors (Lipinski definition) is 7. The summed E-state index contributed by atoms with van der Waals surface area (Å²) in [4.78, 5) is 10.9. The molecule has 1 aromatic carbocycles. The van der Waals surface area contributed by atoms with Gasteiger partial charge in [-0.15, -0.1) is 10.2 Å². The number of carbonyl (C=O) groups excluding carboxylic acids is 1. The van der Waals surface area contributed by atoms with Gasteiger partial charge in [0.15, 0.2) is 0 Å². The first kappa shape index (κ1) is 15.7. The zero-order valence-electron chi connectivity index (χ0n) is 10.5. The number of aromatic hydroxyl groups is 1. The van der Waals surface area contributed by atoms with Crippen LogP contribution in [-0.2, 0) is 14.8 Å². The van der Waals surface area contributed by atoms with E-state index in [1.54, 1.807) is 6.07 Å². The molecule has 8 nitrogen and oxygen atoms in total. The number of phenolic OH excluding ortho intramolecular Hbond substituents is 1. The van der Waals surface area contributed by atoms with Gasteiger partial charge in [-0.1, -0.05) is 27.3 Å². The molecule has 0 spiro atoms. The predicted molar refractivity (Wildman–Crippen MR) is 80.8 cm³/mol. The normalized spacial score (nSPS) is 11.1. The summed E-state index contributed by atoms with van der Waals surface area (Å²) in [5, 5.41) is 19.1. The molecule has 21 heavy (non-hydrogen) atoms. The van der Waals surface area contributed by atoms with Gasteiger partial charge in [0.2, 0.25) is 11.0 Å². The van der Waals surface area contributed by atoms with Gasteiger partial charge in [0.1, 0.15) is 5.75 Å². The molecule has 0 radical (unpaired) electrons. The van der Waals surface area contributed by atoms with Crippen LogP contribution in [0.4, 0.5) is 10.8 Å². The van der Waals surface area contributed by atoms with E-state index in [-0.39, 0.29) is 26.8 Å². The van der Waals surface area contributed by atoms with Gasteiger partial charge in [-0.2, -0.15) is 8.42 Å². The number of nitrogens with one attached hydrogen (secondary N) is 2. The Kier molecular flexibility index (Phi) is 4.44. The molecule has 0 atom stereocenters. The van der Waals surface area contributed by atoms with Gasteiger partial charge >= 0.3 is 0 Å². The molecular weight excluding hydrogens is 384 g/mol. The molecule has 0 aliphatic carbocycles. The average molecular weight is 393 g/mol. The van der Waals surface area contributed by atoms with Gasteiger partial charge < -0.3 is 10.4 Å². The number of amides is 1. The van der Waals surface area contributed by atoms with E-state index in [9.17, 15) is 18.3 Å². The highest BCUT2D eigenvalue weighted by molar-refractivity contribution is 9.10. The van der Waals surface area contributed by atoms with E-state index in [0.29, 0.717) is 15.8 Å². The number of phenols is 1. The van der Waals surface area contributed by atoms with E-state index in [0.717, 1.165) is 0 Å². The van der Waals surface area contributed by atoms with Gasteiger partial charge in [-0.25, -0.2) is 0 Å². The Morgan fingerprint density at radius 1 is 1.38 bits per heavy atom. The van der Waals surface area contributed by atoms with Gasteiger partial charge in [0.25, 0.3) is 14.4 Å². The van der Waals surface area contributed by atoms with Gasteiger partial charge in [-0.05, 0) is 18.2 Å². The lowest BCUT2D eigenvalue weighted by molar-refractivity contribution is -0.114. The molecule has 11 heteroatoms. The first-order chi connectivity index (χ1) is 9.78. The summed E-state index contributed by atoms with van der Waals surface area (Å²) < 4.78 is 26.7. The summed E-state index contributed by atoms with van der Waals surface area (Å²) in [6.07, 6.45) is 0. The quantitative estimate of drug-likeness (QED) is 0.538. The fourth-order valence-electron chi connectivity index (χ4n) is 1.30. The van der Waals surface area contributed by atoms with Crippen molar-refractivity contribution in [3.05, 3.63) is 22.7 Å². The third kappa shape index (κ3) is 3.89. The van der Waals surface area contributed by atoms with Crippen LogP contribution in [0.1, 0.15) is 6.92 Å². The molecule has 0 fully saturated rings. The largest absolute Gasteiger partial charge is 0.506 e. The zero-order chi connectivity index (χ0) is 15.6. The van der Waals surface area contributed by atoms with Crippen molar-refractivity contribution >= 4 is 54.0 Å². The number of anilines is 2. The smallest absolute Gasteiger partial charge is 0.291 e. The van der Waals surface area contributed by atoms with E-state index in [2.05, 4.69) is 36.2 Å².